The summed E-state index contributed by atoms with van der Waals surface area (Å²) in [4.78, 5) is 19.6. The van der Waals surface area contributed by atoms with Gasteiger partial charge in [-0.05, 0) is 35.9 Å². The van der Waals surface area contributed by atoms with E-state index >= 15 is 0 Å². The molecule has 31 heavy (non-hydrogen) atoms. The molecule has 0 saturated carbocycles. The predicted octanol–water partition coefficient (Wildman–Crippen LogP) is 6.08. The Labute approximate surface area is 181 Å². The predicted molar refractivity (Wildman–Crippen MR) is 117 cm³/mol. The van der Waals surface area contributed by atoms with Crippen molar-refractivity contribution in [1.82, 2.24) is 9.97 Å². The van der Waals surface area contributed by atoms with Gasteiger partial charge in [0.1, 0.15) is 18.1 Å². The van der Waals surface area contributed by atoms with E-state index in [0.29, 0.717) is 22.3 Å². The number of fused-ring (bicyclic) bond motifs is 1. The fraction of sp³-hybridized carbons (Fsp3) is 0.0435. The molecule has 4 aromatic rings. The molecule has 6 nitrogen and oxygen atoms in total. The van der Waals surface area contributed by atoms with Gasteiger partial charge >= 0.3 is 0 Å². The standard InChI is InChI=1S/C23H15ClFN3O3/c24-18-7-4-8-19(25)17(18)14-31-23-22(26-20-9-1-2-10-21(20)27-23)12-11-15-5-3-6-16(13-15)28(29)30/h1-13H,14H2. The molecular weight excluding hydrogens is 421 g/mol. The van der Waals surface area contributed by atoms with Gasteiger partial charge in [-0.1, -0.05) is 48.0 Å². The molecule has 4 rings (SSSR count). The number of aromatic nitrogens is 2. The smallest absolute Gasteiger partial charge is 0.270 e. The molecule has 0 fully saturated rings. The van der Waals surface area contributed by atoms with Crippen LogP contribution in [-0.4, -0.2) is 14.9 Å². The number of nitrogens with zero attached hydrogens (tertiary/aromatic N) is 3. The molecule has 0 spiro atoms. The van der Waals surface area contributed by atoms with Crippen LogP contribution in [0.4, 0.5) is 10.1 Å². The van der Waals surface area contributed by atoms with E-state index in [2.05, 4.69) is 9.97 Å². The van der Waals surface area contributed by atoms with Crippen LogP contribution in [-0.2, 0) is 6.61 Å². The number of benzene rings is 3. The second-order valence-electron chi connectivity index (χ2n) is 6.58. The molecule has 154 valence electrons. The zero-order chi connectivity index (χ0) is 21.8. The third-order valence-corrected chi connectivity index (χ3v) is 4.85. The molecule has 0 saturated heterocycles. The molecule has 0 radical (unpaired) electrons. The lowest BCUT2D eigenvalue weighted by Gasteiger charge is -2.11. The Hall–Kier alpha value is -3.84. The van der Waals surface area contributed by atoms with Crippen LogP contribution in [0.15, 0.2) is 66.7 Å². The van der Waals surface area contributed by atoms with E-state index in [1.807, 2.05) is 18.2 Å². The minimum absolute atomic E-state index is 0.0163. The fourth-order valence-electron chi connectivity index (χ4n) is 2.94. The van der Waals surface area contributed by atoms with Crippen LogP contribution in [0.25, 0.3) is 23.2 Å². The van der Waals surface area contributed by atoms with Crippen LogP contribution >= 0.6 is 11.6 Å². The minimum atomic E-state index is -0.477. The highest BCUT2D eigenvalue weighted by Gasteiger charge is 2.12. The number of nitro groups is 1. The summed E-state index contributed by atoms with van der Waals surface area (Å²) < 4.78 is 19.9. The highest BCUT2D eigenvalue weighted by Crippen LogP contribution is 2.25. The van der Waals surface area contributed by atoms with Crippen molar-refractivity contribution in [2.75, 3.05) is 0 Å². The van der Waals surface area contributed by atoms with Gasteiger partial charge in [0.15, 0.2) is 0 Å². The Balaban J connectivity index is 1.70. The summed E-state index contributed by atoms with van der Waals surface area (Å²) in [7, 11) is 0. The first-order valence-electron chi connectivity index (χ1n) is 9.26. The maximum atomic E-state index is 14.1. The highest BCUT2D eigenvalue weighted by molar-refractivity contribution is 6.31. The van der Waals surface area contributed by atoms with Crippen molar-refractivity contribution in [3.8, 4) is 5.88 Å². The number of nitro benzene ring substituents is 1. The molecule has 0 unspecified atom stereocenters. The largest absolute Gasteiger partial charge is 0.471 e. The molecule has 0 N–H and O–H groups in total. The Morgan fingerprint density at radius 3 is 2.48 bits per heavy atom. The Morgan fingerprint density at radius 2 is 1.74 bits per heavy atom. The Morgan fingerprint density at radius 1 is 1.00 bits per heavy atom. The Bertz CT molecular complexity index is 1290. The minimum Gasteiger partial charge on any atom is -0.471 e. The molecule has 0 amide bonds. The lowest BCUT2D eigenvalue weighted by Crippen LogP contribution is -2.03. The molecule has 0 aliphatic heterocycles. The van der Waals surface area contributed by atoms with Crippen LogP contribution in [0.5, 0.6) is 5.88 Å². The quantitative estimate of drug-likeness (QED) is 0.271. The molecule has 1 aromatic heterocycles. The van der Waals surface area contributed by atoms with E-state index in [1.54, 1.807) is 36.4 Å². The summed E-state index contributed by atoms with van der Waals surface area (Å²) in [6.45, 7) is -0.129. The normalized spacial score (nSPS) is 11.2. The number of hydrogen-bond donors (Lipinski definition) is 0. The third-order valence-electron chi connectivity index (χ3n) is 4.49. The molecule has 0 atom stereocenters. The van der Waals surface area contributed by atoms with Crippen molar-refractivity contribution in [2.45, 2.75) is 6.61 Å². The zero-order valence-electron chi connectivity index (χ0n) is 16.0. The van der Waals surface area contributed by atoms with Gasteiger partial charge in [-0.3, -0.25) is 10.1 Å². The van der Waals surface area contributed by atoms with E-state index in [1.165, 1.54) is 24.3 Å². The Kier molecular flexibility index (Phi) is 5.86. The number of para-hydroxylation sites is 2. The summed E-state index contributed by atoms with van der Waals surface area (Å²) in [6.07, 6.45) is 3.32. The lowest BCUT2D eigenvalue weighted by atomic mass is 10.1. The number of halogens is 2. The molecule has 8 heteroatoms. The summed E-state index contributed by atoms with van der Waals surface area (Å²) in [5.41, 5.74) is 2.48. The molecule has 0 aliphatic carbocycles. The maximum absolute atomic E-state index is 14.1. The first-order chi connectivity index (χ1) is 15.0. The van der Waals surface area contributed by atoms with Crippen LogP contribution < -0.4 is 4.74 Å². The lowest BCUT2D eigenvalue weighted by molar-refractivity contribution is -0.384. The molecule has 3 aromatic carbocycles. The van der Waals surface area contributed by atoms with E-state index in [-0.39, 0.29) is 28.8 Å². The van der Waals surface area contributed by atoms with Crippen molar-refractivity contribution in [3.63, 3.8) is 0 Å². The summed E-state index contributed by atoms with van der Waals surface area (Å²) in [5.74, 6) is -0.283. The average molecular weight is 436 g/mol. The topological polar surface area (TPSA) is 78.2 Å². The van der Waals surface area contributed by atoms with Crippen molar-refractivity contribution < 1.29 is 14.1 Å². The molecule has 0 aliphatic rings. The first kappa shape index (κ1) is 20.4. The van der Waals surface area contributed by atoms with E-state index in [9.17, 15) is 14.5 Å². The van der Waals surface area contributed by atoms with Gasteiger partial charge in [0.25, 0.3) is 5.69 Å². The van der Waals surface area contributed by atoms with Gasteiger partial charge in [-0.2, -0.15) is 0 Å². The monoisotopic (exact) mass is 435 g/mol. The first-order valence-corrected chi connectivity index (χ1v) is 9.64. The second-order valence-corrected chi connectivity index (χ2v) is 6.98. The van der Waals surface area contributed by atoms with Crippen molar-refractivity contribution >= 4 is 40.5 Å². The average Bonchev–Trinajstić information content (AvgIpc) is 2.77. The SMILES string of the molecule is O=[N+]([O-])c1cccc(C=Cc2nc3ccccc3nc2OCc2c(F)cccc2Cl)c1. The molecule has 1 heterocycles. The number of hydrogen-bond acceptors (Lipinski definition) is 5. The maximum Gasteiger partial charge on any atom is 0.270 e. The van der Waals surface area contributed by atoms with Crippen molar-refractivity contribution in [1.29, 1.82) is 0 Å². The van der Waals surface area contributed by atoms with E-state index < -0.39 is 10.7 Å². The summed E-state index contributed by atoms with van der Waals surface area (Å²) >= 11 is 6.09. The molecule has 0 bridgehead atoms. The second kappa shape index (κ2) is 8.89. The van der Waals surface area contributed by atoms with Crippen LogP contribution in [0.2, 0.25) is 5.02 Å². The van der Waals surface area contributed by atoms with Gasteiger partial charge in [0.05, 0.1) is 21.0 Å². The van der Waals surface area contributed by atoms with Gasteiger partial charge in [0.2, 0.25) is 5.88 Å². The van der Waals surface area contributed by atoms with E-state index in [4.69, 9.17) is 16.3 Å². The number of rotatable bonds is 6. The van der Waals surface area contributed by atoms with Crippen LogP contribution in [0, 0.1) is 15.9 Å². The number of ether oxygens (including phenoxy) is 1. The van der Waals surface area contributed by atoms with Crippen LogP contribution in [0.3, 0.4) is 0 Å². The molecular formula is C23H15ClFN3O3. The van der Waals surface area contributed by atoms with E-state index in [0.717, 1.165) is 0 Å². The zero-order valence-corrected chi connectivity index (χ0v) is 16.8. The summed E-state index contributed by atoms with van der Waals surface area (Å²) in [5, 5.41) is 11.3. The van der Waals surface area contributed by atoms with Crippen molar-refractivity contribution in [2.24, 2.45) is 0 Å². The fourth-order valence-corrected chi connectivity index (χ4v) is 3.16. The third kappa shape index (κ3) is 4.67. The highest BCUT2D eigenvalue weighted by atomic mass is 35.5. The van der Waals surface area contributed by atoms with Gasteiger partial charge in [0, 0.05) is 17.7 Å². The number of non-ortho nitro benzene ring substituents is 1. The summed E-state index contributed by atoms with van der Waals surface area (Å²) in [6, 6.07) is 17.9. The van der Waals surface area contributed by atoms with Crippen molar-refractivity contribution in [3.05, 3.63) is 105 Å². The van der Waals surface area contributed by atoms with Gasteiger partial charge in [-0.25, -0.2) is 14.4 Å². The van der Waals surface area contributed by atoms with Gasteiger partial charge in [-0.15, -0.1) is 0 Å². The van der Waals surface area contributed by atoms with Gasteiger partial charge < -0.3 is 4.74 Å². The van der Waals surface area contributed by atoms with Crippen LogP contribution in [0.1, 0.15) is 16.8 Å².